The van der Waals surface area contributed by atoms with Crippen LogP contribution in [0.25, 0.3) is 0 Å². The molecule has 0 saturated carbocycles. The molecule has 6 nitrogen and oxygen atoms in total. The zero-order valence-electron chi connectivity index (χ0n) is 12.2. The second-order valence-corrected chi connectivity index (χ2v) is 5.99. The molecular weight excluding hydrogens is 274 g/mol. The number of piperidine rings is 1. The SMILES string of the molecule is CCNc1snnc1CN1CCC(CNC(C)=O)CC1. The quantitative estimate of drug-likeness (QED) is 0.828. The molecule has 1 amide bonds. The van der Waals surface area contributed by atoms with Crippen LogP contribution in [-0.2, 0) is 11.3 Å². The van der Waals surface area contributed by atoms with Gasteiger partial charge in [-0.2, -0.15) is 0 Å². The third kappa shape index (κ3) is 4.42. The molecule has 2 heterocycles. The molecule has 0 spiro atoms. The van der Waals surface area contributed by atoms with E-state index in [-0.39, 0.29) is 5.91 Å². The summed E-state index contributed by atoms with van der Waals surface area (Å²) in [5.74, 6) is 0.674. The maximum Gasteiger partial charge on any atom is 0.216 e. The average molecular weight is 297 g/mol. The second-order valence-electron chi connectivity index (χ2n) is 5.24. The normalized spacial score (nSPS) is 17.1. The summed E-state index contributed by atoms with van der Waals surface area (Å²) in [6, 6.07) is 0. The lowest BCUT2D eigenvalue weighted by Crippen LogP contribution is -2.38. The first-order valence-corrected chi connectivity index (χ1v) is 7.98. The molecule has 0 aliphatic carbocycles. The molecule has 0 aromatic carbocycles. The Bertz CT molecular complexity index is 428. The molecule has 0 bridgehead atoms. The Morgan fingerprint density at radius 3 is 2.85 bits per heavy atom. The Hall–Kier alpha value is -1.21. The van der Waals surface area contributed by atoms with Gasteiger partial charge in [0, 0.05) is 38.1 Å². The lowest BCUT2D eigenvalue weighted by molar-refractivity contribution is -0.119. The number of anilines is 1. The van der Waals surface area contributed by atoms with Crippen LogP contribution in [0.15, 0.2) is 0 Å². The second kappa shape index (κ2) is 7.54. The van der Waals surface area contributed by atoms with E-state index in [9.17, 15) is 4.79 Å². The first-order valence-electron chi connectivity index (χ1n) is 7.21. The Balaban J connectivity index is 1.76. The van der Waals surface area contributed by atoms with Gasteiger partial charge in [0.25, 0.3) is 0 Å². The Labute approximate surface area is 124 Å². The third-order valence-corrected chi connectivity index (χ3v) is 4.34. The van der Waals surface area contributed by atoms with Gasteiger partial charge < -0.3 is 10.6 Å². The van der Waals surface area contributed by atoms with Crippen molar-refractivity contribution in [2.45, 2.75) is 33.2 Å². The summed E-state index contributed by atoms with van der Waals surface area (Å²) in [6.07, 6.45) is 2.27. The highest BCUT2D eigenvalue weighted by atomic mass is 32.1. The minimum atomic E-state index is 0.0660. The van der Waals surface area contributed by atoms with E-state index in [4.69, 9.17) is 0 Å². The fourth-order valence-corrected chi connectivity index (χ4v) is 3.10. The van der Waals surface area contributed by atoms with E-state index >= 15 is 0 Å². The molecule has 0 unspecified atom stereocenters. The van der Waals surface area contributed by atoms with Gasteiger partial charge in [-0.3, -0.25) is 9.69 Å². The van der Waals surface area contributed by atoms with Crippen molar-refractivity contribution in [3.8, 4) is 0 Å². The molecule has 0 atom stereocenters. The van der Waals surface area contributed by atoms with Crippen LogP contribution in [0.3, 0.4) is 0 Å². The zero-order valence-corrected chi connectivity index (χ0v) is 13.0. The number of carbonyl (C=O) groups excluding carboxylic acids is 1. The molecule has 0 radical (unpaired) electrons. The minimum absolute atomic E-state index is 0.0660. The highest BCUT2D eigenvalue weighted by Crippen LogP contribution is 2.22. The highest BCUT2D eigenvalue weighted by molar-refractivity contribution is 7.10. The van der Waals surface area contributed by atoms with Crippen molar-refractivity contribution in [3.63, 3.8) is 0 Å². The number of aromatic nitrogens is 2. The van der Waals surface area contributed by atoms with E-state index in [1.165, 1.54) is 11.5 Å². The van der Waals surface area contributed by atoms with E-state index < -0.39 is 0 Å². The third-order valence-electron chi connectivity index (χ3n) is 3.61. The van der Waals surface area contributed by atoms with Gasteiger partial charge >= 0.3 is 0 Å². The van der Waals surface area contributed by atoms with Crippen LogP contribution < -0.4 is 10.6 Å². The van der Waals surface area contributed by atoms with Crippen molar-refractivity contribution in [3.05, 3.63) is 5.69 Å². The molecule has 1 aromatic heterocycles. The average Bonchev–Trinajstić information content (AvgIpc) is 2.86. The number of carbonyl (C=O) groups is 1. The number of nitrogens with one attached hydrogen (secondary N) is 2. The standard InChI is InChI=1S/C13H23N5OS/c1-3-14-13-12(16-17-20-13)9-18-6-4-11(5-7-18)8-15-10(2)19/h11,14H,3-9H2,1-2H3,(H,15,19). The van der Waals surface area contributed by atoms with Crippen molar-refractivity contribution in [1.29, 1.82) is 0 Å². The summed E-state index contributed by atoms with van der Waals surface area (Å²) in [7, 11) is 0. The number of nitrogens with zero attached hydrogens (tertiary/aromatic N) is 3. The predicted molar refractivity (Wildman–Crippen MR) is 80.8 cm³/mol. The number of hydrogen-bond acceptors (Lipinski definition) is 6. The van der Waals surface area contributed by atoms with E-state index in [0.717, 1.165) is 56.3 Å². The molecule has 1 aromatic rings. The Kier molecular flexibility index (Phi) is 5.72. The monoisotopic (exact) mass is 297 g/mol. The Morgan fingerprint density at radius 2 is 2.20 bits per heavy atom. The molecule has 1 aliphatic heterocycles. The lowest BCUT2D eigenvalue weighted by atomic mass is 9.96. The molecule has 7 heteroatoms. The van der Waals surface area contributed by atoms with Crippen molar-refractivity contribution in [2.75, 3.05) is 31.5 Å². The van der Waals surface area contributed by atoms with Crippen LogP contribution in [0.4, 0.5) is 5.00 Å². The summed E-state index contributed by atoms with van der Waals surface area (Å²) >= 11 is 1.43. The van der Waals surface area contributed by atoms with Gasteiger partial charge in [-0.15, -0.1) is 5.10 Å². The van der Waals surface area contributed by atoms with Crippen molar-refractivity contribution in [2.24, 2.45) is 5.92 Å². The van der Waals surface area contributed by atoms with Crippen molar-refractivity contribution >= 4 is 22.4 Å². The first kappa shape index (κ1) is 15.2. The topological polar surface area (TPSA) is 70.2 Å². The van der Waals surface area contributed by atoms with E-state index in [0.29, 0.717) is 5.92 Å². The Morgan fingerprint density at radius 1 is 1.45 bits per heavy atom. The molecule has 112 valence electrons. The first-order chi connectivity index (χ1) is 9.69. The van der Waals surface area contributed by atoms with Crippen molar-refractivity contribution in [1.82, 2.24) is 19.8 Å². The highest BCUT2D eigenvalue weighted by Gasteiger charge is 2.21. The van der Waals surface area contributed by atoms with Gasteiger partial charge in [-0.25, -0.2) is 0 Å². The van der Waals surface area contributed by atoms with Crippen molar-refractivity contribution < 1.29 is 4.79 Å². The van der Waals surface area contributed by atoms with Gasteiger partial charge in [0.2, 0.25) is 5.91 Å². The summed E-state index contributed by atoms with van der Waals surface area (Å²) in [6.45, 7) is 8.36. The van der Waals surface area contributed by atoms with Crippen LogP contribution >= 0.6 is 11.5 Å². The van der Waals surface area contributed by atoms with Gasteiger partial charge in [0.15, 0.2) is 0 Å². The van der Waals surface area contributed by atoms with Crippen LogP contribution in [-0.4, -0.2) is 46.6 Å². The van der Waals surface area contributed by atoms with E-state index in [1.807, 2.05) is 0 Å². The fraction of sp³-hybridized carbons (Fsp3) is 0.769. The smallest absolute Gasteiger partial charge is 0.216 e. The molecule has 2 rings (SSSR count). The van der Waals surface area contributed by atoms with E-state index in [1.54, 1.807) is 6.92 Å². The fourth-order valence-electron chi connectivity index (χ4n) is 2.46. The minimum Gasteiger partial charge on any atom is -0.374 e. The van der Waals surface area contributed by atoms with Gasteiger partial charge in [-0.1, -0.05) is 4.49 Å². The maximum absolute atomic E-state index is 10.9. The number of rotatable bonds is 6. The summed E-state index contributed by atoms with van der Waals surface area (Å²) in [5, 5.41) is 11.5. The van der Waals surface area contributed by atoms with Gasteiger partial charge in [0.05, 0.1) is 0 Å². The largest absolute Gasteiger partial charge is 0.374 e. The van der Waals surface area contributed by atoms with E-state index in [2.05, 4.69) is 32.0 Å². The lowest BCUT2D eigenvalue weighted by Gasteiger charge is -2.31. The molecular formula is C13H23N5OS. The molecule has 1 fully saturated rings. The molecule has 20 heavy (non-hydrogen) atoms. The number of likely N-dealkylation sites (tertiary alicyclic amines) is 1. The zero-order chi connectivity index (χ0) is 14.4. The molecule has 2 N–H and O–H groups in total. The number of hydrogen-bond donors (Lipinski definition) is 2. The molecule has 1 saturated heterocycles. The van der Waals surface area contributed by atoms with Gasteiger partial charge in [-0.05, 0) is 38.8 Å². The summed E-state index contributed by atoms with van der Waals surface area (Å²) < 4.78 is 4.03. The van der Waals surface area contributed by atoms with Gasteiger partial charge in [0.1, 0.15) is 10.7 Å². The predicted octanol–water partition coefficient (Wildman–Crippen LogP) is 1.32. The summed E-state index contributed by atoms with van der Waals surface area (Å²) in [4.78, 5) is 13.3. The molecule has 1 aliphatic rings. The van der Waals surface area contributed by atoms with Crippen LogP contribution in [0.2, 0.25) is 0 Å². The van der Waals surface area contributed by atoms with Crippen LogP contribution in [0.5, 0.6) is 0 Å². The maximum atomic E-state index is 10.9. The summed E-state index contributed by atoms with van der Waals surface area (Å²) in [5.41, 5.74) is 1.05. The van der Waals surface area contributed by atoms with Crippen LogP contribution in [0.1, 0.15) is 32.4 Å². The van der Waals surface area contributed by atoms with Crippen LogP contribution in [0, 0.1) is 5.92 Å². The number of amides is 1.